The standard InChI is InChI=1S/C18H18ClN/c1-13(2)14-7-8-18-15(11-14)9-10-20(18)12-16-5-3-4-6-17(16)19/h3-11,13H,12H2,1-2H3. The van der Waals surface area contributed by atoms with Crippen molar-refractivity contribution in [3.05, 3.63) is 70.9 Å². The molecule has 3 rings (SSSR count). The van der Waals surface area contributed by atoms with Crippen LogP contribution in [0.5, 0.6) is 0 Å². The van der Waals surface area contributed by atoms with Crippen molar-refractivity contribution >= 4 is 22.5 Å². The van der Waals surface area contributed by atoms with Gasteiger partial charge in [-0.15, -0.1) is 0 Å². The highest BCUT2D eigenvalue weighted by molar-refractivity contribution is 6.31. The zero-order chi connectivity index (χ0) is 14.1. The van der Waals surface area contributed by atoms with E-state index in [4.69, 9.17) is 11.6 Å². The number of halogens is 1. The minimum Gasteiger partial charge on any atom is -0.343 e. The van der Waals surface area contributed by atoms with Crippen molar-refractivity contribution in [2.24, 2.45) is 0 Å². The lowest BCUT2D eigenvalue weighted by atomic mass is 10.0. The number of fused-ring (bicyclic) bond motifs is 1. The molecule has 1 aromatic heterocycles. The van der Waals surface area contributed by atoms with E-state index in [1.54, 1.807) is 0 Å². The molecule has 2 aromatic carbocycles. The summed E-state index contributed by atoms with van der Waals surface area (Å²) in [7, 11) is 0. The third-order valence-corrected chi connectivity index (χ3v) is 4.13. The molecule has 0 aliphatic heterocycles. The fraction of sp³-hybridized carbons (Fsp3) is 0.222. The average Bonchev–Trinajstić information content (AvgIpc) is 2.84. The van der Waals surface area contributed by atoms with E-state index in [1.807, 2.05) is 18.2 Å². The first-order valence-electron chi connectivity index (χ1n) is 6.97. The van der Waals surface area contributed by atoms with Crippen LogP contribution in [0.4, 0.5) is 0 Å². The number of benzene rings is 2. The molecule has 0 fully saturated rings. The van der Waals surface area contributed by atoms with Gasteiger partial charge >= 0.3 is 0 Å². The van der Waals surface area contributed by atoms with Gasteiger partial charge in [0.15, 0.2) is 0 Å². The van der Waals surface area contributed by atoms with Crippen LogP contribution in [-0.4, -0.2) is 4.57 Å². The van der Waals surface area contributed by atoms with Crippen LogP contribution in [0, 0.1) is 0 Å². The second-order valence-electron chi connectivity index (χ2n) is 5.51. The van der Waals surface area contributed by atoms with Crippen LogP contribution >= 0.6 is 11.6 Å². The van der Waals surface area contributed by atoms with Gasteiger partial charge < -0.3 is 4.57 Å². The molecule has 0 atom stereocenters. The van der Waals surface area contributed by atoms with Gasteiger partial charge in [-0.1, -0.05) is 49.7 Å². The molecule has 0 radical (unpaired) electrons. The predicted molar refractivity (Wildman–Crippen MR) is 86.6 cm³/mol. The topological polar surface area (TPSA) is 4.93 Å². The molecule has 0 saturated heterocycles. The third kappa shape index (κ3) is 2.46. The lowest BCUT2D eigenvalue weighted by molar-refractivity contribution is 0.835. The van der Waals surface area contributed by atoms with Crippen molar-refractivity contribution in [1.29, 1.82) is 0 Å². The van der Waals surface area contributed by atoms with Crippen molar-refractivity contribution < 1.29 is 0 Å². The normalized spacial score (nSPS) is 11.4. The first-order valence-corrected chi connectivity index (χ1v) is 7.35. The summed E-state index contributed by atoms with van der Waals surface area (Å²) in [5.74, 6) is 0.561. The van der Waals surface area contributed by atoms with E-state index in [2.05, 4.69) is 54.9 Å². The zero-order valence-electron chi connectivity index (χ0n) is 11.8. The molecule has 1 heterocycles. The summed E-state index contributed by atoms with van der Waals surface area (Å²) in [4.78, 5) is 0. The fourth-order valence-corrected chi connectivity index (χ4v) is 2.72. The highest BCUT2D eigenvalue weighted by atomic mass is 35.5. The second-order valence-corrected chi connectivity index (χ2v) is 5.92. The molecule has 0 N–H and O–H groups in total. The highest BCUT2D eigenvalue weighted by Crippen LogP contribution is 2.24. The van der Waals surface area contributed by atoms with Gasteiger partial charge in [-0.3, -0.25) is 0 Å². The largest absolute Gasteiger partial charge is 0.343 e. The molecule has 0 amide bonds. The predicted octanol–water partition coefficient (Wildman–Crippen LogP) is 5.47. The number of rotatable bonds is 3. The molecule has 0 aliphatic rings. The Morgan fingerprint density at radius 2 is 1.85 bits per heavy atom. The summed E-state index contributed by atoms with van der Waals surface area (Å²) < 4.78 is 2.25. The van der Waals surface area contributed by atoms with Crippen LogP contribution < -0.4 is 0 Å². The summed E-state index contributed by atoms with van der Waals surface area (Å²) in [6.07, 6.45) is 2.14. The fourth-order valence-electron chi connectivity index (χ4n) is 2.53. The number of hydrogen-bond acceptors (Lipinski definition) is 0. The minimum absolute atomic E-state index is 0.561. The summed E-state index contributed by atoms with van der Waals surface area (Å²) in [5.41, 5.74) is 3.79. The second kappa shape index (κ2) is 5.34. The van der Waals surface area contributed by atoms with Crippen LogP contribution in [0.1, 0.15) is 30.9 Å². The molecule has 2 heteroatoms. The van der Waals surface area contributed by atoms with Crippen LogP contribution in [0.25, 0.3) is 10.9 Å². The first kappa shape index (κ1) is 13.3. The lowest BCUT2D eigenvalue weighted by Crippen LogP contribution is -1.98. The Labute approximate surface area is 124 Å². The molecule has 102 valence electrons. The molecule has 0 saturated carbocycles. The van der Waals surface area contributed by atoms with Crippen molar-refractivity contribution in [1.82, 2.24) is 4.57 Å². The Balaban J connectivity index is 1.99. The van der Waals surface area contributed by atoms with Gasteiger partial charge in [-0.2, -0.15) is 0 Å². The molecule has 0 aliphatic carbocycles. The van der Waals surface area contributed by atoms with Crippen LogP contribution in [-0.2, 0) is 6.54 Å². The Morgan fingerprint density at radius 3 is 2.60 bits per heavy atom. The molecular formula is C18H18ClN. The van der Waals surface area contributed by atoms with Crippen molar-refractivity contribution in [3.63, 3.8) is 0 Å². The average molecular weight is 284 g/mol. The number of hydrogen-bond donors (Lipinski definition) is 0. The third-order valence-electron chi connectivity index (χ3n) is 3.76. The van der Waals surface area contributed by atoms with Crippen molar-refractivity contribution in [2.45, 2.75) is 26.3 Å². The van der Waals surface area contributed by atoms with Crippen LogP contribution in [0.15, 0.2) is 54.7 Å². The van der Waals surface area contributed by atoms with E-state index < -0.39 is 0 Å². The smallest absolute Gasteiger partial charge is 0.0490 e. The summed E-state index contributed by atoms with van der Waals surface area (Å²) in [6.45, 7) is 5.26. The zero-order valence-corrected chi connectivity index (χ0v) is 12.6. The number of aromatic nitrogens is 1. The maximum absolute atomic E-state index is 6.25. The van der Waals surface area contributed by atoms with E-state index in [0.717, 1.165) is 17.1 Å². The molecule has 3 aromatic rings. The van der Waals surface area contributed by atoms with Gasteiger partial charge in [-0.25, -0.2) is 0 Å². The molecule has 0 bridgehead atoms. The first-order chi connectivity index (χ1) is 9.65. The van der Waals surface area contributed by atoms with Gasteiger partial charge in [0.05, 0.1) is 0 Å². The maximum atomic E-state index is 6.25. The molecule has 0 unspecified atom stereocenters. The Hall–Kier alpha value is -1.73. The van der Waals surface area contributed by atoms with Crippen LogP contribution in [0.2, 0.25) is 5.02 Å². The minimum atomic E-state index is 0.561. The Bertz CT molecular complexity index is 740. The van der Waals surface area contributed by atoms with Crippen molar-refractivity contribution in [3.8, 4) is 0 Å². The van der Waals surface area contributed by atoms with Gasteiger partial charge in [0.2, 0.25) is 0 Å². The number of nitrogens with zero attached hydrogens (tertiary/aromatic N) is 1. The summed E-state index contributed by atoms with van der Waals surface area (Å²) >= 11 is 6.25. The molecule has 20 heavy (non-hydrogen) atoms. The van der Waals surface area contributed by atoms with Gasteiger partial charge in [0, 0.05) is 23.3 Å². The quantitative estimate of drug-likeness (QED) is 0.601. The summed E-state index contributed by atoms with van der Waals surface area (Å²) in [5, 5.41) is 2.12. The van der Waals surface area contributed by atoms with E-state index in [1.165, 1.54) is 16.5 Å². The van der Waals surface area contributed by atoms with E-state index in [9.17, 15) is 0 Å². The van der Waals surface area contributed by atoms with Gasteiger partial charge in [0.25, 0.3) is 0 Å². The van der Waals surface area contributed by atoms with Crippen molar-refractivity contribution in [2.75, 3.05) is 0 Å². The van der Waals surface area contributed by atoms with E-state index in [-0.39, 0.29) is 0 Å². The SMILES string of the molecule is CC(C)c1ccc2c(ccn2Cc2ccccc2Cl)c1. The highest BCUT2D eigenvalue weighted by Gasteiger charge is 2.06. The Kier molecular flexibility index (Phi) is 3.54. The Morgan fingerprint density at radius 1 is 1.05 bits per heavy atom. The molecule has 1 nitrogen and oxygen atoms in total. The van der Waals surface area contributed by atoms with E-state index >= 15 is 0 Å². The maximum Gasteiger partial charge on any atom is 0.0490 e. The molecule has 0 spiro atoms. The van der Waals surface area contributed by atoms with Gasteiger partial charge in [0.1, 0.15) is 0 Å². The monoisotopic (exact) mass is 283 g/mol. The lowest BCUT2D eigenvalue weighted by Gasteiger charge is -2.09. The van der Waals surface area contributed by atoms with E-state index in [0.29, 0.717) is 5.92 Å². The van der Waals surface area contributed by atoms with Crippen LogP contribution in [0.3, 0.4) is 0 Å². The van der Waals surface area contributed by atoms with Gasteiger partial charge in [-0.05, 0) is 46.7 Å². The summed E-state index contributed by atoms with van der Waals surface area (Å²) in [6, 6.07) is 16.9. The molecular weight excluding hydrogens is 266 g/mol.